The summed E-state index contributed by atoms with van der Waals surface area (Å²) in [5, 5.41) is 24.0. The van der Waals surface area contributed by atoms with Crippen LogP contribution in [0.15, 0.2) is 90.3 Å². The Hall–Kier alpha value is -4.23. The molecule has 1 aliphatic rings. The lowest BCUT2D eigenvalue weighted by Crippen LogP contribution is -2.45. The zero-order valence-electron chi connectivity index (χ0n) is 25.3. The van der Waals surface area contributed by atoms with Crippen molar-refractivity contribution in [2.75, 3.05) is 18.2 Å². The molecule has 2 heterocycles. The van der Waals surface area contributed by atoms with Crippen LogP contribution in [0.5, 0.6) is 0 Å². The number of aliphatic hydroxyl groups excluding tert-OH is 1. The molecule has 1 aromatic heterocycles. The second kappa shape index (κ2) is 15.2. The number of rotatable bonds is 11. The number of aromatic nitrogens is 3. The second-order valence-electron chi connectivity index (χ2n) is 10.8. The first-order valence-corrected chi connectivity index (χ1v) is 15.6. The number of aryl methyl sites for hydroxylation is 1. The molecule has 1 saturated heterocycles. The number of nitrogens with zero attached hydrogens (tertiary/aromatic N) is 3. The Balaban J connectivity index is 1.28. The second-order valence-corrected chi connectivity index (χ2v) is 11.8. The first kappa shape index (κ1) is 32.2. The topological polar surface area (TPSA) is 137 Å². The SMILES string of the molecule is COC(=O)C(Cc1ccccc1)NC(=O)Nc1ccc(C2OC(CSc3nncn3C)C(C)C(c3ccc(CO)cc3)O2)cc1. The van der Waals surface area contributed by atoms with E-state index < -0.39 is 24.3 Å². The maximum atomic E-state index is 12.8. The molecule has 3 aromatic carbocycles. The number of thioether (sulfide) groups is 1. The number of esters is 1. The minimum Gasteiger partial charge on any atom is -0.467 e. The van der Waals surface area contributed by atoms with E-state index in [9.17, 15) is 14.7 Å². The molecule has 5 unspecified atom stereocenters. The van der Waals surface area contributed by atoms with Gasteiger partial charge in [-0.1, -0.05) is 85.4 Å². The summed E-state index contributed by atoms with van der Waals surface area (Å²) in [7, 11) is 3.20. The Morgan fingerprint density at radius 1 is 1.00 bits per heavy atom. The van der Waals surface area contributed by atoms with Crippen molar-refractivity contribution in [3.63, 3.8) is 0 Å². The number of carbonyl (C=O) groups excluding carboxylic acids is 2. The summed E-state index contributed by atoms with van der Waals surface area (Å²) in [5.41, 5.74) is 4.04. The summed E-state index contributed by atoms with van der Waals surface area (Å²) < 4.78 is 19.8. The van der Waals surface area contributed by atoms with Crippen LogP contribution in [0.2, 0.25) is 0 Å². The largest absolute Gasteiger partial charge is 0.467 e. The zero-order valence-corrected chi connectivity index (χ0v) is 26.1. The monoisotopic (exact) mass is 631 g/mol. The van der Waals surface area contributed by atoms with Gasteiger partial charge in [-0.3, -0.25) is 0 Å². The van der Waals surface area contributed by atoms with Gasteiger partial charge in [-0.15, -0.1) is 10.2 Å². The first-order valence-electron chi connectivity index (χ1n) is 14.6. The van der Waals surface area contributed by atoms with Gasteiger partial charge in [0, 0.05) is 36.4 Å². The molecule has 1 fully saturated rings. The molecule has 0 bridgehead atoms. The van der Waals surface area contributed by atoms with E-state index in [1.165, 1.54) is 7.11 Å². The average molecular weight is 632 g/mol. The highest BCUT2D eigenvalue weighted by Gasteiger charge is 2.38. The van der Waals surface area contributed by atoms with Crippen LogP contribution in [-0.2, 0) is 39.1 Å². The van der Waals surface area contributed by atoms with E-state index in [4.69, 9.17) is 14.2 Å². The molecule has 3 N–H and O–H groups in total. The number of methoxy groups -OCH3 is 1. The normalized spacial score (nSPS) is 20.3. The highest BCUT2D eigenvalue weighted by molar-refractivity contribution is 7.99. The van der Waals surface area contributed by atoms with E-state index in [1.54, 1.807) is 30.2 Å². The molecule has 0 radical (unpaired) electrons. The summed E-state index contributed by atoms with van der Waals surface area (Å²) in [6.45, 7) is 2.08. The van der Waals surface area contributed by atoms with Crippen molar-refractivity contribution in [1.29, 1.82) is 0 Å². The third-order valence-corrected chi connectivity index (χ3v) is 8.81. The van der Waals surface area contributed by atoms with E-state index >= 15 is 0 Å². The van der Waals surface area contributed by atoms with Gasteiger partial charge in [-0.25, -0.2) is 9.59 Å². The molecular formula is C33H37N5O6S. The molecule has 12 heteroatoms. The van der Waals surface area contributed by atoms with Gasteiger partial charge in [0.2, 0.25) is 0 Å². The molecule has 0 saturated carbocycles. The summed E-state index contributed by atoms with van der Waals surface area (Å²) in [4.78, 5) is 25.2. The van der Waals surface area contributed by atoms with Gasteiger partial charge in [-0.2, -0.15) is 0 Å². The van der Waals surface area contributed by atoms with Crippen LogP contribution in [0.1, 0.15) is 41.6 Å². The van der Waals surface area contributed by atoms with Crippen molar-refractivity contribution in [2.45, 2.75) is 49.6 Å². The van der Waals surface area contributed by atoms with E-state index in [1.807, 2.05) is 78.3 Å². The first-order chi connectivity index (χ1) is 21.8. The molecule has 0 spiro atoms. The van der Waals surface area contributed by atoms with Crippen LogP contribution in [0.25, 0.3) is 0 Å². The van der Waals surface area contributed by atoms with E-state index in [2.05, 4.69) is 27.8 Å². The molecule has 4 aromatic rings. The zero-order chi connectivity index (χ0) is 31.8. The number of benzene rings is 3. The van der Waals surface area contributed by atoms with E-state index in [0.29, 0.717) is 17.9 Å². The fourth-order valence-electron chi connectivity index (χ4n) is 5.10. The lowest BCUT2D eigenvalue weighted by atomic mass is 9.91. The number of hydrogen-bond donors (Lipinski definition) is 3. The third kappa shape index (κ3) is 8.28. The van der Waals surface area contributed by atoms with Crippen LogP contribution >= 0.6 is 11.8 Å². The number of urea groups is 1. The summed E-state index contributed by atoms with van der Waals surface area (Å²) in [6.07, 6.45) is 0.877. The van der Waals surface area contributed by atoms with Crippen molar-refractivity contribution >= 4 is 29.4 Å². The smallest absolute Gasteiger partial charge is 0.328 e. The molecule has 0 aliphatic carbocycles. The number of ether oxygens (including phenoxy) is 3. The van der Waals surface area contributed by atoms with Gasteiger partial charge < -0.3 is 34.5 Å². The lowest BCUT2D eigenvalue weighted by molar-refractivity contribution is -0.268. The molecule has 236 valence electrons. The van der Waals surface area contributed by atoms with Crippen molar-refractivity contribution in [1.82, 2.24) is 20.1 Å². The standard InChI is InChI=1S/C33H37N5O6S/c1-21-28(19-45-33-37-34-20-38(33)2)43-31(44-29(21)24-11-9-23(18-39)10-12-24)25-13-15-26(16-14-25)35-32(41)36-27(30(40)42-3)17-22-7-5-4-6-8-22/h4-16,20-21,27-29,31,39H,17-19H2,1-3H3,(H2,35,36,41). The molecule has 1 aliphatic heterocycles. The van der Waals surface area contributed by atoms with Gasteiger partial charge in [0.1, 0.15) is 12.4 Å². The van der Waals surface area contributed by atoms with Gasteiger partial charge in [0.25, 0.3) is 0 Å². The van der Waals surface area contributed by atoms with Crippen LogP contribution in [0.3, 0.4) is 0 Å². The molecule has 11 nitrogen and oxygen atoms in total. The van der Waals surface area contributed by atoms with Crippen LogP contribution in [-0.4, -0.2) is 56.9 Å². The Kier molecular flexibility index (Phi) is 10.8. The van der Waals surface area contributed by atoms with Gasteiger partial charge in [0.15, 0.2) is 11.4 Å². The molecular weight excluding hydrogens is 594 g/mol. The van der Waals surface area contributed by atoms with E-state index in [0.717, 1.165) is 27.4 Å². The number of amides is 2. The highest BCUT2D eigenvalue weighted by atomic mass is 32.2. The van der Waals surface area contributed by atoms with Gasteiger partial charge >= 0.3 is 12.0 Å². The summed E-state index contributed by atoms with van der Waals surface area (Å²) in [6, 6.07) is 23.0. The average Bonchev–Trinajstić information content (AvgIpc) is 3.48. The Bertz CT molecular complexity index is 1550. The minimum absolute atomic E-state index is 0.0187. The molecule has 45 heavy (non-hydrogen) atoms. The summed E-state index contributed by atoms with van der Waals surface area (Å²) in [5.74, 6) is 0.131. The molecule has 2 amide bonds. The predicted octanol–water partition coefficient (Wildman–Crippen LogP) is 4.80. The van der Waals surface area contributed by atoms with Crippen molar-refractivity contribution in [2.24, 2.45) is 13.0 Å². The van der Waals surface area contributed by atoms with Gasteiger partial charge in [-0.05, 0) is 28.8 Å². The molecule has 5 atom stereocenters. The van der Waals surface area contributed by atoms with Gasteiger partial charge in [0.05, 0.1) is 25.9 Å². The number of nitrogens with one attached hydrogen (secondary N) is 2. The minimum atomic E-state index is -0.845. The third-order valence-electron chi connectivity index (χ3n) is 7.68. The molecule has 5 rings (SSSR count). The highest BCUT2D eigenvalue weighted by Crippen LogP contribution is 2.43. The quantitative estimate of drug-likeness (QED) is 0.158. The van der Waals surface area contributed by atoms with Crippen molar-refractivity contribution < 1.29 is 28.9 Å². The number of anilines is 1. The van der Waals surface area contributed by atoms with E-state index in [-0.39, 0.29) is 24.7 Å². The Morgan fingerprint density at radius 2 is 1.71 bits per heavy atom. The number of hydrogen-bond acceptors (Lipinski definition) is 9. The lowest BCUT2D eigenvalue weighted by Gasteiger charge is -2.41. The number of carbonyl (C=O) groups is 2. The van der Waals surface area contributed by atoms with Crippen molar-refractivity contribution in [3.8, 4) is 0 Å². The maximum Gasteiger partial charge on any atom is 0.328 e. The Morgan fingerprint density at radius 3 is 2.36 bits per heavy atom. The maximum absolute atomic E-state index is 12.8. The van der Waals surface area contributed by atoms with Crippen LogP contribution < -0.4 is 10.6 Å². The fraction of sp³-hybridized carbons (Fsp3) is 0.333. The predicted molar refractivity (Wildman–Crippen MR) is 169 cm³/mol. The Labute approximate surface area is 266 Å². The summed E-state index contributed by atoms with van der Waals surface area (Å²) >= 11 is 1.57. The van der Waals surface area contributed by atoms with Crippen LogP contribution in [0, 0.1) is 5.92 Å². The van der Waals surface area contributed by atoms with Crippen LogP contribution in [0.4, 0.5) is 10.5 Å². The fourth-order valence-corrected chi connectivity index (χ4v) is 6.16. The number of aliphatic hydroxyl groups is 1. The van der Waals surface area contributed by atoms with Crippen molar-refractivity contribution in [3.05, 3.63) is 107 Å².